The van der Waals surface area contributed by atoms with Crippen LogP contribution in [0.2, 0.25) is 0 Å². The van der Waals surface area contributed by atoms with Gasteiger partial charge in [0.05, 0.1) is 6.04 Å². The molecular formula is C25H34N2O2S. The summed E-state index contributed by atoms with van der Waals surface area (Å²) in [6.45, 7) is 13.0. The van der Waals surface area contributed by atoms with Crippen LogP contribution in [0.15, 0.2) is 41.8 Å². The second-order valence-electron chi connectivity index (χ2n) is 10.3. The zero-order valence-corrected chi connectivity index (χ0v) is 19.9. The number of hydrogen-bond acceptors (Lipinski definition) is 3. The lowest BCUT2D eigenvalue weighted by Gasteiger charge is -2.41. The van der Waals surface area contributed by atoms with E-state index in [1.165, 1.54) is 10.4 Å². The van der Waals surface area contributed by atoms with Crippen molar-refractivity contribution in [2.75, 3.05) is 13.1 Å². The highest BCUT2D eigenvalue weighted by molar-refractivity contribution is 7.10. The Kier molecular flexibility index (Phi) is 6.42. The van der Waals surface area contributed by atoms with Gasteiger partial charge in [-0.25, -0.2) is 0 Å². The summed E-state index contributed by atoms with van der Waals surface area (Å²) in [7, 11) is 0. The normalized spacial score (nSPS) is 16.9. The lowest BCUT2D eigenvalue weighted by atomic mass is 9.90. The van der Waals surface area contributed by atoms with Gasteiger partial charge in [-0.15, -0.1) is 11.3 Å². The first kappa shape index (κ1) is 22.5. The third-order valence-corrected chi connectivity index (χ3v) is 6.48. The van der Waals surface area contributed by atoms with Gasteiger partial charge in [-0.2, -0.15) is 0 Å². The standard InChI is InChI=1S/C25H34N2O2S/c1-24(2,3)16-21(28)27(25(4,5)6)17-22(29)26-14-12-20-19(13-15-30-20)23(26)18-10-8-7-9-11-18/h7-11,13,15,23H,12,14,16-17H2,1-6H3/t23-/m0/s1. The third-order valence-electron chi connectivity index (χ3n) is 5.49. The summed E-state index contributed by atoms with van der Waals surface area (Å²) < 4.78 is 0. The zero-order valence-electron chi connectivity index (χ0n) is 19.1. The molecule has 1 aromatic heterocycles. The Balaban J connectivity index is 1.89. The molecule has 5 heteroatoms. The molecule has 1 aliphatic rings. The fourth-order valence-corrected chi connectivity index (χ4v) is 4.96. The summed E-state index contributed by atoms with van der Waals surface area (Å²) in [5.74, 6) is 0.0470. The molecule has 2 amide bonds. The van der Waals surface area contributed by atoms with Gasteiger partial charge in [0.2, 0.25) is 11.8 Å². The van der Waals surface area contributed by atoms with E-state index >= 15 is 0 Å². The molecule has 4 nitrogen and oxygen atoms in total. The Labute approximate surface area is 184 Å². The fourth-order valence-electron chi connectivity index (χ4n) is 4.05. The highest BCUT2D eigenvalue weighted by Gasteiger charge is 2.36. The summed E-state index contributed by atoms with van der Waals surface area (Å²) in [4.78, 5) is 31.7. The van der Waals surface area contributed by atoms with Crippen molar-refractivity contribution in [3.05, 3.63) is 57.8 Å². The van der Waals surface area contributed by atoms with E-state index in [0.717, 1.165) is 12.0 Å². The second-order valence-corrected chi connectivity index (χ2v) is 11.3. The van der Waals surface area contributed by atoms with Crippen molar-refractivity contribution in [3.63, 3.8) is 0 Å². The molecular weight excluding hydrogens is 392 g/mol. The largest absolute Gasteiger partial charge is 0.330 e. The Morgan fingerprint density at radius 3 is 2.33 bits per heavy atom. The molecule has 2 heterocycles. The molecule has 0 aliphatic carbocycles. The van der Waals surface area contributed by atoms with E-state index in [1.807, 2.05) is 43.9 Å². The first-order chi connectivity index (χ1) is 14.0. The van der Waals surface area contributed by atoms with Crippen molar-refractivity contribution in [1.82, 2.24) is 9.80 Å². The van der Waals surface area contributed by atoms with Crippen LogP contribution in [0, 0.1) is 5.41 Å². The molecule has 3 rings (SSSR count). The SMILES string of the molecule is CC(C)(C)CC(=O)N(CC(=O)N1CCc2sccc2[C@@H]1c1ccccc1)C(C)(C)C. The molecule has 2 aromatic rings. The number of benzene rings is 1. The van der Waals surface area contributed by atoms with Crippen LogP contribution in [0.3, 0.4) is 0 Å². The predicted molar refractivity (Wildman–Crippen MR) is 124 cm³/mol. The van der Waals surface area contributed by atoms with Crippen LogP contribution in [0.5, 0.6) is 0 Å². The van der Waals surface area contributed by atoms with Crippen LogP contribution < -0.4 is 0 Å². The van der Waals surface area contributed by atoms with Gasteiger partial charge in [-0.3, -0.25) is 9.59 Å². The van der Waals surface area contributed by atoms with Crippen molar-refractivity contribution < 1.29 is 9.59 Å². The Morgan fingerprint density at radius 2 is 1.73 bits per heavy atom. The average molecular weight is 427 g/mol. The molecule has 0 spiro atoms. The molecule has 0 saturated heterocycles. The molecule has 0 saturated carbocycles. The number of fused-ring (bicyclic) bond motifs is 1. The third kappa shape index (κ3) is 5.12. The van der Waals surface area contributed by atoms with Crippen molar-refractivity contribution in [2.45, 2.75) is 66.0 Å². The van der Waals surface area contributed by atoms with Gasteiger partial charge in [0.1, 0.15) is 6.54 Å². The molecule has 0 radical (unpaired) electrons. The summed E-state index contributed by atoms with van der Waals surface area (Å²) in [6, 6.07) is 12.3. The van der Waals surface area contributed by atoms with Crippen LogP contribution in [0.4, 0.5) is 0 Å². The molecule has 0 bridgehead atoms. The van der Waals surface area contributed by atoms with Crippen molar-refractivity contribution in [2.24, 2.45) is 5.41 Å². The van der Waals surface area contributed by atoms with Crippen LogP contribution >= 0.6 is 11.3 Å². The lowest BCUT2D eigenvalue weighted by Crippen LogP contribution is -2.53. The zero-order chi connectivity index (χ0) is 22.1. The number of nitrogens with zero attached hydrogens (tertiary/aromatic N) is 2. The smallest absolute Gasteiger partial charge is 0.243 e. The topological polar surface area (TPSA) is 40.6 Å². The number of hydrogen-bond donors (Lipinski definition) is 0. The molecule has 0 fully saturated rings. The monoisotopic (exact) mass is 426 g/mol. The van der Waals surface area contributed by atoms with E-state index in [9.17, 15) is 9.59 Å². The van der Waals surface area contributed by atoms with E-state index in [1.54, 1.807) is 16.2 Å². The Bertz CT molecular complexity index is 890. The Hall–Kier alpha value is -2.14. The van der Waals surface area contributed by atoms with E-state index in [4.69, 9.17) is 0 Å². The van der Waals surface area contributed by atoms with Gasteiger partial charge in [0.15, 0.2) is 0 Å². The lowest BCUT2D eigenvalue weighted by molar-refractivity contribution is -0.147. The average Bonchev–Trinajstić information content (AvgIpc) is 3.12. The number of rotatable bonds is 4. The van der Waals surface area contributed by atoms with Crippen LogP contribution in [0.25, 0.3) is 0 Å². The molecule has 1 aliphatic heterocycles. The molecule has 162 valence electrons. The molecule has 1 atom stereocenters. The molecule has 30 heavy (non-hydrogen) atoms. The quantitative estimate of drug-likeness (QED) is 0.667. The second kappa shape index (κ2) is 8.54. The number of carbonyl (C=O) groups is 2. The minimum atomic E-state index is -0.413. The van der Waals surface area contributed by atoms with Gasteiger partial charge < -0.3 is 9.80 Å². The molecule has 1 aromatic carbocycles. The van der Waals surface area contributed by atoms with Gasteiger partial charge in [0, 0.05) is 23.4 Å². The predicted octanol–water partition coefficient (Wildman–Crippen LogP) is 5.29. The van der Waals surface area contributed by atoms with Crippen LogP contribution in [-0.2, 0) is 16.0 Å². The van der Waals surface area contributed by atoms with Gasteiger partial charge in [-0.1, -0.05) is 51.1 Å². The summed E-state index contributed by atoms with van der Waals surface area (Å²) in [6.07, 6.45) is 1.29. The highest BCUT2D eigenvalue weighted by Crippen LogP contribution is 2.38. The van der Waals surface area contributed by atoms with E-state index < -0.39 is 5.54 Å². The van der Waals surface area contributed by atoms with Gasteiger partial charge in [0.25, 0.3) is 0 Å². The number of thiophene rings is 1. The maximum absolute atomic E-state index is 13.6. The summed E-state index contributed by atoms with van der Waals surface area (Å²) >= 11 is 1.76. The first-order valence-electron chi connectivity index (χ1n) is 10.7. The fraction of sp³-hybridized carbons (Fsp3) is 0.520. The highest BCUT2D eigenvalue weighted by atomic mass is 32.1. The summed E-state index contributed by atoms with van der Waals surface area (Å²) in [5.41, 5.74) is 1.80. The minimum absolute atomic E-state index is 0.0119. The van der Waals surface area contributed by atoms with E-state index in [2.05, 4.69) is 44.4 Å². The van der Waals surface area contributed by atoms with Gasteiger partial charge in [-0.05, 0) is 55.2 Å². The number of carbonyl (C=O) groups excluding carboxylic acids is 2. The maximum atomic E-state index is 13.6. The molecule has 0 N–H and O–H groups in total. The summed E-state index contributed by atoms with van der Waals surface area (Å²) in [5, 5.41) is 2.11. The Morgan fingerprint density at radius 1 is 1.07 bits per heavy atom. The van der Waals surface area contributed by atoms with Crippen molar-refractivity contribution >= 4 is 23.2 Å². The van der Waals surface area contributed by atoms with Crippen LogP contribution in [0.1, 0.15) is 70.0 Å². The van der Waals surface area contributed by atoms with Crippen molar-refractivity contribution in [1.29, 1.82) is 0 Å². The maximum Gasteiger partial charge on any atom is 0.243 e. The van der Waals surface area contributed by atoms with E-state index in [-0.39, 0.29) is 29.8 Å². The van der Waals surface area contributed by atoms with E-state index in [0.29, 0.717) is 13.0 Å². The minimum Gasteiger partial charge on any atom is -0.330 e. The molecule has 0 unspecified atom stereocenters. The van der Waals surface area contributed by atoms with Crippen molar-refractivity contribution in [3.8, 4) is 0 Å². The first-order valence-corrected chi connectivity index (χ1v) is 11.6. The van der Waals surface area contributed by atoms with Gasteiger partial charge >= 0.3 is 0 Å². The number of amides is 2. The van der Waals surface area contributed by atoms with Crippen LogP contribution in [-0.4, -0.2) is 40.2 Å².